The number of H-pyrrole nitrogens is 1. The molecule has 0 aliphatic carbocycles. The number of amides is 1. The van der Waals surface area contributed by atoms with Crippen LogP contribution in [0.2, 0.25) is 0 Å². The summed E-state index contributed by atoms with van der Waals surface area (Å²) in [5.74, 6) is -0.651. The molecule has 0 fully saturated rings. The number of aromatic nitrogens is 1. The zero-order chi connectivity index (χ0) is 17.9. The molecule has 0 spiro atoms. The minimum Gasteiger partial charge on any atom is -0.459 e. The third kappa shape index (κ3) is 3.85. The summed E-state index contributed by atoms with van der Waals surface area (Å²) in [5.41, 5.74) is 3.09. The summed E-state index contributed by atoms with van der Waals surface area (Å²) in [5, 5.41) is 2.95. The molecule has 5 heteroatoms. The van der Waals surface area contributed by atoms with E-state index < -0.39 is 5.97 Å². The Morgan fingerprint density at radius 2 is 1.71 bits per heavy atom. The second-order valence-electron chi connectivity index (χ2n) is 6.18. The van der Waals surface area contributed by atoms with Gasteiger partial charge in [-0.1, -0.05) is 30.3 Å². The number of aromatic amines is 1. The molecule has 0 saturated carbocycles. The maximum atomic E-state index is 12.6. The van der Waals surface area contributed by atoms with Crippen LogP contribution in [0.5, 0.6) is 0 Å². The van der Waals surface area contributed by atoms with E-state index in [-0.39, 0.29) is 18.1 Å². The molecular weight excluding hydrogens is 304 g/mol. The Hall–Kier alpha value is -2.56. The topological polar surface area (TPSA) is 71.2 Å². The Balaban J connectivity index is 2.20. The Morgan fingerprint density at radius 3 is 2.29 bits per heavy atom. The van der Waals surface area contributed by atoms with Gasteiger partial charge in [0.05, 0.1) is 17.7 Å². The largest absolute Gasteiger partial charge is 0.459 e. The minimum absolute atomic E-state index is 0.132. The van der Waals surface area contributed by atoms with Crippen LogP contribution in [0.1, 0.15) is 64.5 Å². The number of hydrogen-bond donors (Lipinski definition) is 2. The van der Waals surface area contributed by atoms with Crippen molar-refractivity contribution in [2.45, 2.75) is 46.8 Å². The molecule has 1 amide bonds. The molecule has 128 valence electrons. The fraction of sp³-hybridized carbons (Fsp3) is 0.368. The molecule has 0 saturated heterocycles. The summed E-state index contributed by atoms with van der Waals surface area (Å²) in [6.45, 7) is 9.03. The monoisotopic (exact) mass is 328 g/mol. The standard InChI is InChI=1S/C19H24N2O3/c1-11(2)24-19(23)16-12(3)17(20-14(16)5)18(22)21-13(4)15-9-7-6-8-10-15/h6-11,13,20H,1-5H3,(H,21,22). The van der Waals surface area contributed by atoms with E-state index in [1.807, 2.05) is 37.3 Å². The number of aryl methyl sites for hydroxylation is 1. The second-order valence-corrected chi connectivity index (χ2v) is 6.18. The van der Waals surface area contributed by atoms with Crippen LogP contribution in [0.3, 0.4) is 0 Å². The summed E-state index contributed by atoms with van der Waals surface area (Å²) in [6, 6.07) is 9.59. The van der Waals surface area contributed by atoms with Gasteiger partial charge in [0.15, 0.2) is 0 Å². The molecule has 0 aliphatic rings. The number of esters is 1. The number of hydrogen-bond acceptors (Lipinski definition) is 3. The SMILES string of the molecule is Cc1[nH]c(C(=O)NC(C)c2ccccc2)c(C)c1C(=O)OC(C)C. The Labute approximate surface area is 142 Å². The highest BCUT2D eigenvalue weighted by Crippen LogP contribution is 2.21. The lowest BCUT2D eigenvalue weighted by molar-refractivity contribution is 0.0376. The van der Waals surface area contributed by atoms with Crippen molar-refractivity contribution in [1.82, 2.24) is 10.3 Å². The lowest BCUT2D eigenvalue weighted by Crippen LogP contribution is -2.27. The van der Waals surface area contributed by atoms with E-state index in [0.717, 1.165) is 5.56 Å². The van der Waals surface area contributed by atoms with Crippen molar-refractivity contribution in [2.75, 3.05) is 0 Å². The van der Waals surface area contributed by atoms with Gasteiger partial charge < -0.3 is 15.0 Å². The number of rotatable bonds is 5. The first kappa shape index (κ1) is 17.8. The van der Waals surface area contributed by atoms with E-state index in [1.165, 1.54) is 0 Å². The van der Waals surface area contributed by atoms with Crippen molar-refractivity contribution >= 4 is 11.9 Å². The van der Waals surface area contributed by atoms with Gasteiger partial charge >= 0.3 is 5.97 Å². The summed E-state index contributed by atoms with van der Waals surface area (Å²) >= 11 is 0. The van der Waals surface area contributed by atoms with Crippen molar-refractivity contribution in [1.29, 1.82) is 0 Å². The first-order valence-corrected chi connectivity index (χ1v) is 8.07. The number of carbonyl (C=O) groups excluding carboxylic acids is 2. The van der Waals surface area contributed by atoms with Crippen molar-refractivity contribution in [3.63, 3.8) is 0 Å². The molecule has 1 aromatic heterocycles. The summed E-state index contributed by atoms with van der Waals surface area (Å²) in [4.78, 5) is 27.8. The predicted octanol–water partition coefficient (Wildman–Crippen LogP) is 3.69. The quantitative estimate of drug-likeness (QED) is 0.822. The lowest BCUT2D eigenvalue weighted by atomic mass is 10.1. The summed E-state index contributed by atoms with van der Waals surface area (Å²) < 4.78 is 5.25. The fourth-order valence-electron chi connectivity index (χ4n) is 2.65. The van der Waals surface area contributed by atoms with Crippen LogP contribution in [-0.4, -0.2) is 23.0 Å². The maximum Gasteiger partial charge on any atom is 0.340 e. The average molecular weight is 328 g/mol. The molecule has 2 N–H and O–H groups in total. The van der Waals surface area contributed by atoms with Gasteiger partial charge in [0.25, 0.3) is 5.91 Å². The number of carbonyl (C=O) groups is 2. The average Bonchev–Trinajstić information content (AvgIpc) is 2.82. The van der Waals surface area contributed by atoms with E-state index in [9.17, 15) is 9.59 Å². The molecule has 2 rings (SSSR count). The maximum absolute atomic E-state index is 12.6. The fourth-order valence-corrected chi connectivity index (χ4v) is 2.65. The molecule has 0 aliphatic heterocycles. The molecule has 2 aromatic rings. The van der Waals surface area contributed by atoms with Crippen molar-refractivity contribution in [2.24, 2.45) is 0 Å². The van der Waals surface area contributed by atoms with Crippen LogP contribution >= 0.6 is 0 Å². The van der Waals surface area contributed by atoms with Gasteiger partial charge in [-0.3, -0.25) is 4.79 Å². The zero-order valence-corrected chi connectivity index (χ0v) is 14.8. The highest BCUT2D eigenvalue weighted by atomic mass is 16.5. The van der Waals surface area contributed by atoms with Gasteiger partial charge in [-0.05, 0) is 45.7 Å². The van der Waals surface area contributed by atoms with E-state index in [2.05, 4.69) is 10.3 Å². The van der Waals surface area contributed by atoms with Crippen LogP contribution in [0, 0.1) is 13.8 Å². The van der Waals surface area contributed by atoms with Gasteiger partial charge in [-0.2, -0.15) is 0 Å². The molecule has 24 heavy (non-hydrogen) atoms. The molecule has 0 radical (unpaired) electrons. The van der Waals surface area contributed by atoms with Crippen LogP contribution in [-0.2, 0) is 4.74 Å². The third-order valence-electron chi connectivity index (χ3n) is 3.86. The minimum atomic E-state index is -0.411. The molecule has 1 aromatic carbocycles. The van der Waals surface area contributed by atoms with E-state index >= 15 is 0 Å². The van der Waals surface area contributed by atoms with Crippen molar-refractivity contribution in [3.05, 3.63) is 58.4 Å². The second kappa shape index (κ2) is 7.34. The molecule has 0 bridgehead atoms. The van der Waals surface area contributed by atoms with Crippen LogP contribution in [0.15, 0.2) is 30.3 Å². The van der Waals surface area contributed by atoms with Crippen molar-refractivity contribution in [3.8, 4) is 0 Å². The highest BCUT2D eigenvalue weighted by Gasteiger charge is 2.24. The smallest absolute Gasteiger partial charge is 0.340 e. The van der Waals surface area contributed by atoms with Crippen LogP contribution in [0.25, 0.3) is 0 Å². The Kier molecular flexibility index (Phi) is 5.44. The van der Waals surface area contributed by atoms with E-state index in [1.54, 1.807) is 27.7 Å². The molecule has 1 unspecified atom stereocenters. The Bertz CT molecular complexity index is 733. The summed E-state index contributed by atoms with van der Waals surface area (Å²) in [6.07, 6.45) is -0.207. The van der Waals surface area contributed by atoms with Crippen molar-refractivity contribution < 1.29 is 14.3 Å². The third-order valence-corrected chi connectivity index (χ3v) is 3.86. The van der Waals surface area contributed by atoms with Gasteiger partial charge in [0, 0.05) is 5.69 Å². The summed E-state index contributed by atoms with van der Waals surface area (Å²) in [7, 11) is 0. The predicted molar refractivity (Wildman–Crippen MR) is 93.1 cm³/mol. The molecule has 1 atom stereocenters. The first-order chi connectivity index (χ1) is 11.3. The lowest BCUT2D eigenvalue weighted by Gasteiger charge is -2.14. The van der Waals surface area contributed by atoms with Gasteiger partial charge in [-0.15, -0.1) is 0 Å². The molecule has 1 heterocycles. The van der Waals surface area contributed by atoms with Crippen LogP contribution < -0.4 is 5.32 Å². The van der Waals surface area contributed by atoms with E-state index in [0.29, 0.717) is 22.5 Å². The zero-order valence-electron chi connectivity index (χ0n) is 14.8. The van der Waals surface area contributed by atoms with Gasteiger partial charge in [-0.25, -0.2) is 4.79 Å². The number of ether oxygens (including phenoxy) is 1. The van der Waals surface area contributed by atoms with Gasteiger partial charge in [0.2, 0.25) is 0 Å². The molecule has 5 nitrogen and oxygen atoms in total. The molecular formula is C19H24N2O3. The Morgan fingerprint density at radius 1 is 1.08 bits per heavy atom. The van der Waals surface area contributed by atoms with Gasteiger partial charge in [0.1, 0.15) is 5.69 Å². The van der Waals surface area contributed by atoms with E-state index in [4.69, 9.17) is 4.74 Å². The number of benzene rings is 1. The number of nitrogens with one attached hydrogen (secondary N) is 2. The first-order valence-electron chi connectivity index (χ1n) is 8.07. The van der Waals surface area contributed by atoms with Crippen LogP contribution in [0.4, 0.5) is 0 Å². The normalized spacial score (nSPS) is 12.1. The highest BCUT2D eigenvalue weighted by molar-refractivity contribution is 6.00.